The molecule has 0 bridgehead atoms. The minimum absolute atomic E-state index is 0.0608. The molecule has 0 heterocycles. The lowest BCUT2D eigenvalue weighted by atomic mass is 10.1. The second-order valence-electron chi connectivity index (χ2n) is 6.25. The normalized spacial score (nSPS) is 14.5. The van der Waals surface area contributed by atoms with Crippen molar-refractivity contribution >= 4 is 19.9 Å². The topological polar surface area (TPSA) is 29.5 Å². The largest absolute Gasteiger partial charge is 0.414 e. The Morgan fingerprint density at radius 1 is 1.37 bits per heavy atom. The molecule has 0 saturated carbocycles. The van der Waals surface area contributed by atoms with Crippen molar-refractivity contribution in [1.82, 2.24) is 0 Å². The lowest BCUT2D eigenvalue weighted by Crippen LogP contribution is -2.41. The van der Waals surface area contributed by atoms with Gasteiger partial charge in [0.1, 0.15) is 11.9 Å². The molecule has 0 amide bonds. The van der Waals surface area contributed by atoms with Crippen LogP contribution in [-0.2, 0) is 4.43 Å². The van der Waals surface area contributed by atoms with Crippen LogP contribution in [0.4, 0.5) is 4.39 Å². The van der Waals surface area contributed by atoms with Crippen molar-refractivity contribution in [2.45, 2.75) is 45.0 Å². The van der Waals surface area contributed by atoms with Crippen LogP contribution in [0, 0.1) is 5.82 Å². The van der Waals surface area contributed by atoms with E-state index in [2.05, 4.69) is 33.9 Å². The predicted molar refractivity (Wildman–Crippen MR) is 79.5 cm³/mol. The lowest BCUT2D eigenvalue weighted by molar-refractivity contribution is 0.0973. The van der Waals surface area contributed by atoms with E-state index in [1.165, 1.54) is 12.1 Å². The Morgan fingerprint density at radius 3 is 2.42 bits per heavy atom. The summed E-state index contributed by atoms with van der Waals surface area (Å²) in [6.45, 7) is 10.7. The summed E-state index contributed by atoms with van der Waals surface area (Å²) < 4.78 is 19.6. The molecule has 1 N–H and O–H groups in total. The molecule has 0 radical (unpaired) electrons. The van der Waals surface area contributed by atoms with Crippen LogP contribution in [0.25, 0.3) is 0 Å². The SMILES string of the molecule is CC(C)(C)[Si](C)(C)OCC(O)c1ccc(Cl)cc1F. The van der Waals surface area contributed by atoms with Crippen LogP contribution >= 0.6 is 11.6 Å². The molecule has 1 aromatic carbocycles. The average molecular weight is 305 g/mol. The molecule has 19 heavy (non-hydrogen) atoms. The first-order chi connectivity index (χ1) is 8.54. The van der Waals surface area contributed by atoms with Crippen LogP contribution in [0.1, 0.15) is 32.4 Å². The van der Waals surface area contributed by atoms with E-state index in [0.717, 1.165) is 0 Å². The summed E-state index contributed by atoms with van der Waals surface area (Å²) in [6, 6.07) is 4.26. The van der Waals surface area contributed by atoms with E-state index in [9.17, 15) is 9.50 Å². The molecule has 1 aromatic rings. The smallest absolute Gasteiger partial charge is 0.192 e. The Bertz CT molecular complexity index is 444. The van der Waals surface area contributed by atoms with E-state index in [0.29, 0.717) is 5.02 Å². The van der Waals surface area contributed by atoms with Gasteiger partial charge in [-0.15, -0.1) is 0 Å². The van der Waals surface area contributed by atoms with Gasteiger partial charge in [-0.1, -0.05) is 38.4 Å². The molecule has 1 unspecified atom stereocenters. The molecule has 0 aliphatic heterocycles. The molecule has 108 valence electrons. The van der Waals surface area contributed by atoms with Gasteiger partial charge < -0.3 is 9.53 Å². The van der Waals surface area contributed by atoms with E-state index < -0.39 is 20.2 Å². The number of aliphatic hydroxyl groups excluding tert-OH is 1. The van der Waals surface area contributed by atoms with Gasteiger partial charge in [-0.05, 0) is 30.3 Å². The van der Waals surface area contributed by atoms with Crippen molar-refractivity contribution in [3.05, 3.63) is 34.6 Å². The fraction of sp³-hybridized carbons (Fsp3) is 0.571. The van der Waals surface area contributed by atoms with E-state index in [1.807, 2.05) is 0 Å². The Kier molecular flexibility index (Phi) is 5.18. The summed E-state index contributed by atoms with van der Waals surface area (Å²) in [5.74, 6) is -0.501. The first-order valence-electron chi connectivity index (χ1n) is 6.31. The minimum Gasteiger partial charge on any atom is -0.414 e. The quantitative estimate of drug-likeness (QED) is 0.828. The number of aliphatic hydroxyl groups is 1. The molecule has 0 spiro atoms. The molecule has 0 aromatic heterocycles. The van der Waals surface area contributed by atoms with Gasteiger partial charge in [-0.2, -0.15) is 0 Å². The van der Waals surface area contributed by atoms with Gasteiger partial charge in [0.2, 0.25) is 0 Å². The van der Waals surface area contributed by atoms with Gasteiger partial charge in [0.15, 0.2) is 8.32 Å². The van der Waals surface area contributed by atoms with E-state index in [-0.39, 0.29) is 17.2 Å². The highest BCUT2D eigenvalue weighted by atomic mass is 35.5. The summed E-state index contributed by atoms with van der Waals surface area (Å²) in [5.41, 5.74) is 0.225. The molecule has 0 saturated heterocycles. The van der Waals surface area contributed by atoms with Crippen LogP contribution in [0.15, 0.2) is 18.2 Å². The monoisotopic (exact) mass is 304 g/mol. The highest BCUT2D eigenvalue weighted by Gasteiger charge is 2.37. The summed E-state index contributed by atoms with van der Waals surface area (Å²) in [4.78, 5) is 0. The maximum absolute atomic E-state index is 13.7. The number of hydrogen-bond acceptors (Lipinski definition) is 2. The van der Waals surface area contributed by atoms with Crippen molar-refractivity contribution in [2.24, 2.45) is 0 Å². The number of benzene rings is 1. The standard InChI is InChI=1S/C14H22ClFO2Si/c1-14(2,3)19(4,5)18-9-13(17)11-7-6-10(15)8-12(11)16/h6-8,13,17H,9H2,1-5H3. The van der Waals surface area contributed by atoms with Crippen molar-refractivity contribution in [3.63, 3.8) is 0 Å². The molecule has 0 fully saturated rings. The Hall–Kier alpha value is -0.423. The molecule has 0 aliphatic rings. The molecule has 1 atom stereocenters. The Balaban J connectivity index is 2.73. The first-order valence-corrected chi connectivity index (χ1v) is 9.60. The molecular weight excluding hydrogens is 283 g/mol. The van der Waals surface area contributed by atoms with Gasteiger partial charge in [-0.25, -0.2) is 4.39 Å². The summed E-state index contributed by atoms with van der Waals surface area (Å²) in [6.07, 6.45) is -0.966. The lowest BCUT2D eigenvalue weighted by Gasteiger charge is -2.36. The van der Waals surface area contributed by atoms with Gasteiger partial charge in [0.25, 0.3) is 0 Å². The van der Waals surface area contributed by atoms with Gasteiger partial charge >= 0.3 is 0 Å². The van der Waals surface area contributed by atoms with Crippen molar-refractivity contribution in [1.29, 1.82) is 0 Å². The zero-order chi connectivity index (χ0) is 14.8. The van der Waals surface area contributed by atoms with E-state index >= 15 is 0 Å². The predicted octanol–water partition coefficient (Wildman–Crippen LogP) is 4.53. The molecule has 1 rings (SSSR count). The van der Waals surface area contributed by atoms with Gasteiger partial charge in [0, 0.05) is 10.6 Å². The van der Waals surface area contributed by atoms with Gasteiger partial charge in [-0.3, -0.25) is 0 Å². The first kappa shape index (κ1) is 16.6. The third kappa shape index (κ3) is 4.28. The second kappa shape index (κ2) is 5.91. The highest BCUT2D eigenvalue weighted by molar-refractivity contribution is 6.74. The van der Waals surface area contributed by atoms with E-state index in [1.54, 1.807) is 6.07 Å². The minimum atomic E-state index is -1.94. The maximum atomic E-state index is 13.7. The summed E-state index contributed by atoms with van der Waals surface area (Å²) >= 11 is 5.69. The number of halogens is 2. The van der Waals surface area contributed by atoms with Crippen LogP contribution in [0.3, 0.4) is 0 Å². The summed E-state index contributed by atoms with van der Waals surface area (Å²) in [7, 11) is -1.94. The van der Waals surface area contributed by atoms with Crippen molar-refractivity contribution in [3.8, 4) is 0 Å². The van der Waals surface area contributed by atoms with Gasteiger partial charge in [0.05, 0.1) is 6.61 Å². The number of rotatable bonds is 4. The van der Waals surface area contributed by atoms with E-state index in [4.69, 9.17) is 16.0 Å². The molecule has 5 heteroatoms. The molecule has 0 aliphatic carbocycles. The Morgan fingerprint density at radius 2 is 1.95 bits per heavy atom. The zero-order valence-corrected chi connectivity index (χ0v) is 13.9. The van der Waals surface area contributed by atoms with Crippen LogP contribution in [0.2, 0.25) is 23.2 Å². The fourth-order valence-corrected chi connectivity index (χ4v) is 2.53. The van der Waals surface area contributed by atoms with Crippen LogP contribution in [-0.4, -0.2) is 20.0 Å². The average Bonchev–Trinajstić information content (AvgIpc) is 2.24. The van der Waals surface area contributed by atoms with Crippen molar-refractivity contribution < 1.29 is 13.9 Å². The van der Waals surface area contributed by atoms with Crippen LogP contribution < -0.4 is 0 Å². The third-order valence-corrected chi connectivity index (χ3v) is 8.47. The Labute approximate surface area is 120 Å². The zero-order valence-electron chi connectivity index (χ0n) is 12.1. The highest BCUT2D eigenvalue weighted by Crippen LogP contribution is 2.37. The summed E-state index contributed by atoms with van der Waals surface area (Å²) in [5, 5.41) is 10.4. The van der Waals surface area contributed by atoms with Crippen molar-refractivity contribution in [2.75, 3.05) is 6.61 Å². The second-order valence-corrected chi connectivity index (χ2v) is 11.5. The maximum Gasteiger partial charge on any atom is 0.192 e. The molecular formula is C14H22ClFO2Si. The van der Waals surface area contributed by atoms with Crippen LogP contribution in [0.5, 0.6) is 0 Å². The molecule has 2 nitrogen and oxygen atoms in total. The number of hydrogen-bond donors (Lipinski definition) is 1. The fourth-order valence-electron chi connectivity index (χ4n) is 1.37. The third-order valence-electron chi connectivity index (χ3n) is 3.73.